The molecule has 0 radical (unpaired) electrons. The number of carbonyl (C=O) groups excluding carboxylic acids is 2. The highest BCUT2D eigenvalue weighted by molar-refractivity contribution is 6.35. The Bertz CT molecular complexity index is 863. The summed E-state index contributed by atoms with van der Waals surface area (Å²) in [6, 6.07) is 12.5. The number of likely N-dealkylation sites (tertiary alicyclic amines) is 1. The average Bonchev–Trinajstić information content (AvgIpc) is 2.71. The van der Waals surface area contributed by atoms with Gasteiger partial charge in [0.05, 0.1) is 23.6 Å². The smallest absolute Gasteiger partial charge is 0.255 e. The number of hydrogen-bond donors (Lipinski definition) is 1. The van der Waals surface area contributed by atoms with E-state index in [1.807, 2.05) is 31.2 Å². The van der Waals surface area contributed by atoms with Crippen molar-refractivity contribution in [3.05, 3.63) is 63.6 Å². The van der Waals surface area contributed by atoms with E-state index in [2.05, 4.69) is 5.32 Å². The number of piperidine rings is 1. The van der Waals surface area contributed by atoms with Crippen LogP contribution in [0.25, 0.3) is 0 Å². The van der Waals surface area contributed by atoms with E-state index in [0.29, 0.717) is 54.6 Å². The van der Waals surface area contributed by atoms with Crippen LogP contribution in [0.1, 0.15) is 35.7 Å². The Morgan fingerprint density at radius 2 is 1.79 bits per heavy atom. The summed E-state index contributed by atoms with van der Waals surface area (Å²) >= 11 is 12.1. The van der Waals surface area contributed by atoms with Gasteiger partial charge in [0.15, 0.2) is 0 Å². The quantitative estimate of drug-likeness (QED) is 0.734. The molecule has 0 bridgehead atoms. The summed E-state index contributed by atoms with van der Waals surface area (Å²) in [5, 5.41) is 3.95. The number of amides is 2. The van der Waals surface area contributed by atoms with Crippen LogP contribution in [-0.4, -0.2) is 42.5 Å². The topological polar surface area (TPSA) is 58.6 Å². The Morgan fingerprint density at radius 3 is 2.45 bits per heavy atom. The summed E-state index contributed by atoms with van der Waals surface area (Å²) in [6.07, 6.45) is 1.74. The van der Waals surface area contributed by atoms with Gasteiger partial charge in [0.25, 0.3) is 5.91 Å². The average molecular weight is 435 g/mol. The van der Waals surface area contributed by atoms with Crippen LogP contribution in [0.5, 0.6) is 5.75 Å². The minimum atomic E-state index is -0.128. The van der Waals surface area contributed by atoms with Crippen molar-refractivity contribution in [2.75, 3.05) is 19.7 Å². The van der Waals surface area contributed by atoms with Gasteiger partial charge in [0.1, 0.15) is 5.75 Å². The Labute approximate surface area is 180 Å². The third kappa shape index (κ3) is 5.87. The maximum Gasteiger partial charge on any atom is 0.255 e. The summed E-state index contributed by atoms with van der Waals surface area (Å²) in [7, 11) is 0. The number of halogens is 2. The van der Waals surface area contributed by atoms with Crippen molar-refractivity contribution in [3.63, 3.8) is 0 Å². The molecular weight excluding hydrogens is 411 g/mol. The zero-order valence-corrected chi connectivity index (χ0v) is 17.8. The molecular formula is C22H24Cl2N2O3. The highest BCUT2D eigenvalue weighted by Crippen LogP contribution is 2.23. The first kappa shape index (κ1) is 21.5. The van der Waals surface area contributed by atoms with Crippen molar-refractivity contribution < 1.29 is 14.3 Å². The SMILES string of the molecule is CCOc1ccc(CC(=O)NC2CCN(C(=O)c3cc(Cl)ccc3Cl)CC2)cc1. The summed E-state index contributed by atoms with van der Waals surface area (Å²) < 4.78 is 5.41. The second-order valence-electron chi connectivity index (χ2n) is 7.01. The van der Waals surface area contributed by atoms with Crippen molar-refractivity contribution >= 4 is 35.0 Å². The van der Waals surface area contributed by atoms with Crippen molar-refractivity contribution in [1.29, 1.82) is 0 Å². The molecule has 0 unspecified atom stereocenters. The van der Waals surface area contributed by atoms with Crippen LogP contribution in [-0.2, 0) is 11.2 Å². The molecule has 1 N–H and O–H groups in total. The zero-order valence-electron chi connectivity index (χ0n) is 16.3. The van der Waals surface area contributed by atoms with Crippen LogP contribution >= 0.6 is 23.2 Å². The van der Waals surface area contributed by atoms with E-state index in [-0.39, 0.29) is 17.9 Å². The van der Waals surface area contributed by atoms with Crippen molar-refractivity contribution in [3.8, 4) is 5.75 Å². The van der Waals surface area contributed by atoms with Crippen molar-refractivity contribution in [1.82, 2.24) is 10.2 Å². The molecule has 1 fully saturated rings. The summed E-state index contributed by atoms with van der Waals surface area (Å²) in [5.74, 6) is 0.655. The van der Waals surface area contributed by atoms with Gasteiger partial charge in [0.2, 0.25) is 5.91 Å². The van der Waals surface area contributed by atoms with Crippen LogP contribution in [0.3, 0.4) is 0 Å². The molecule has 0 aromatic heterocycles. The lowest BCUT2D eigenvalue weighted by Crippen LogP contribution is -2.47. The largest absolute Gasteiger partial charge is 0.494 e. The summed E-state index contributed by atoms with van der Waals surface area (Å²) in [6.45, 7) is 3.68. The lowest BCUT2D eigenvalue weighted by atomic mass is 10.0. The first-order valence-corrected chi connectivity index (χ1v) is 10.5. The van der Waals surface area contributed by atoms with Crippen LogP contribution in [0.15, 0.2) is 42.5 Å². The standard InChI is InChI=1S/C22H24Cl2N2O3/c1-2-29-18-6-3-15(4-7-18)13-21(27)25-17-9-11-26(12-10-17)22(28)19-14-16(23)5-8-20(19)24/h3-8,14,17H,2,9-13H2,1H3,(H,25,27). The number of benzene rings is 2. The maximum atomic E-state index is 12.7. The van der Waals surface area contributed by atoms with Gasteiger partial charge in [-0.1, -0.05) is 35.3 Å². The minimum Gasteiger partial charge on any atom is -0.494 e. The second-order valence-corrected chi connectivity index (χ2v) is 7.86. The zero-order chi connectivity index (χ0) is 20.8. The van der Waals surface area contributed by atoms with E-state index in [1.54, 1.807) is 23.1 Å². The predicted octanol–water partition coefficient (Wildman–Crippen LogP) is 4.36. The van der Waals surface area contributed by atoms with Crippen LogP contribution in [0.4, 0.5) is 0 Å². The van der Waals surface area contributed by atoms with E-state index in [9.17, 15) is 9.59 Å². The number of nitrogens with zero attached hydrogens (tertiary/aromatic N) is 1. The van der Waals surface area contributed by atoms with Gasteiger partial charge in [0, 0.05) is 24.2 Å². The van der Waals surface area contributed by atoms with Gasteiger partial charge >= 0.3 is 0 Å². The van der Waals surface area contributed by atoms with Crippen LogP contribution in [0.2, 0.25) is 10.0 Å². The molecule has 7 heteroatoms. The second kappa shape index (κ2) is 9.99. The molecule has 0 spiro atoms. The summed E-state index contributed by atoms with van der Waals surface area (Å²) in [4.78, 5) is 26.8. The summed E-state index contributed by atoms with van der Waals surface area (Å²) in [5.41, 5.74) is 1.35. The number of nitrogens with one attached hydrogen (secondary N) is 1. The Morgan fingerprint density at radius 1 is 1.10 bits per heavy atom. The number of ether oxygens (including phenoxy) is 1. The fourth-order valence-corrected chi connectivity index (χ4v) is 3.76. The molecule has 3 rings (SSSR count). The Kier molecular flexibility index (Phi) is 7.40. The van der Waals surface area contributed by atoms with E-state index in [4.69, 9.17) is 27.9 Å². The molecule has 1 heterocycles. The molecule has 1 aliphatic heterocycles. The van der Waals surface area contributed by atoms with E-state index in [1.165, 1.54) is 0 Å². The molecule has 2 aromatic rings. The molecule has 5 nitrogen and oxygen atoms in total. The first-order chi connectivity index (χ1) is 14.0. The molecule has 0 aliphatic carbocycles. The highest BCUT2D eigenvalue weighted by atomic mass is 35.5. The van der Waals surface area contributed by atoms with Gasteiger partial charge in [-0.25, -0.2) is 0 Å². The molecule has 29 heavy (non-hydrogen) atoms. The fraction of sp³-hybridized carbons (Fsp3) is 0.364. The van der Waals surface area contributed by atoms with E-state index < -0.39 is 0 Å². The predicted molar refractivity (Wildman–Crippen MR) is 115 cm³/mol. The highest BCUT2D eigenvalue weighted by Gasteiger charge is 2.25. The van der Waals surface area contributed by atoms with Gasteiger partial charge in [-0.2, -0.15) is 0 Å². The number of rotatable bonds is 6. The van der Waals surface area contributed by atoms with Gasteiger partial charge in [-0.05, 0) is 55.7 Å². The Hall–Kier alpha value is -2.24. The Balaban J connectivity index is 1.48. The van der Waals surface area contributed by atoms with Crippen LogP contribution in [0, 0.1) is 0 Å². The van der Waals surface area contributed by atoms with E-state index in [0.717, 1.165) is 11.3 Å². The third-order valence-electron chi connectivity index (χ3n) is 4.91. The van der Waals surface area contributed by atoms with Crippen molar-refractivity contribution in [2.24, 2.45) is 0 Å². The van der Waals surface area contributed by atoms with Gasteiger partial charge < -0.3 is 15.0 Å². The lowest BCUT2D eigenvalue weighted by molar-refractivity contribution is -0.121. The monoisotopic (exact) mass is 434 g/mol. The molecule has 2 amide bonds. The minimum absolute atomic E-state index is 0.0168. The molecule has 0 saturated carbocycles. The molecule has 1 saturated heterocycles. The van der Waals surface area contributed by atoms with E-state index >= 15 is 0 Å². The number of carbonyl (C=O) groups is 2. The van der Waals surface area contributed by atoms with Gasteiger partial charge in [-0.15, -0.1) is 0 Å². The molecule has 0 atom stereocenters. The molecule has 154 valence electrons. The van der Waals surface area contributed by atoms with Crippen LogP contribution < -0.4 is 10.1 Å². The lowest BCUT2D eigenvalue weighted by Gasteiger charge is -2.32. The normalized spacial score (nSPS) is 14.5. The van der Waals surface area contributed by atoms with Crippen molar-refractivity contribution in [2.45, 2.75) is 32.2 Å². The first-order valence-electron chi connectivity index (χ1n) is 9.71. The maximum absolute atomic E-state index is 12.7. The van der Waals surface area contributed by atoms with Gasteiger partial charge in [-0.3, -0.25) is 9.59 Å². The molecule has 1 aliphatic rings. The third-order valence-corrected chi connectivity index (χ3v) is 5.47. The fourth-order valence-electron chi connectivity index (χ4n) is 3.39. The molecule has 2 aromatic carbocycles. The number of hydrogen-bond acceptors (Lipinski definition) is 3.